The maximum absolute atomic E-state index is 12.9. The highest BCUT2D eigenvalue weighted by Gasteiger charge is 2.42. The molecule has 2 atom stereocenters. The van der Waals surface area contributed by atoms with Gasteiger partial charge in [0.1, 0.15) is 5.75 Å². The average Bonchev–Trinajstić information content (AvgIpc) is 2.98. The van der Waals surface area contributed by atoms with Gasteiger partial charge in [-0.15, -0.1) is 0 Å². The molecule has 0 aromatic heterocycles. The number of alkyl halides is 3. The molecule has 3 aliphatic rings. The van der Waals surface area contributed by atoms with Gasteiger partial charge in [-0.3, -0.25) is 4.90 Å². The molecule has 0 radical (unpaired) electrons. The van der Waals surface area contributed by atoms with Crippen LogP contribution in [-0.4, -0.2) is 29.3 Å². The summed E-state index contributed by atoms with van der Waals surface area (Å²) in [6.07, 6.45) is 2.41. The lowest BCUT2D eigenvalue weighted by molar-refractivity contribution is -0.185. The van der Waals surface area contributed by atoms with Crippen molar-refractivity contribution in [2.24, 2.45) is 11.8 Å². The summed E-state index contributed by atoms with van der Waals surface area (Å²) in [5.41, 5.74) is 2.45. The summed E-state index contributed by atoms with van der Waals surface area (Å²) in [5, 5.41) is 2.39. The smallest absolute Gasteiger partial charge is 0.391 e. The molecule has 2 nitrogen and oxygen atoms in total. The summed E-state index contributed by atoms with van der Waals surface area (Å²) in [5.74, 6) is 0.491. The summed E-state index contributed by atoms with van der Waals surface area (Å²) in [6.45, 7) is 5.48. The molecular weight excluding hydrogens is 411 g/mol. The fourth-order valence-electron chi connectivity index (χ4n) is 6.44. The molecule has 32 heavy (non-hydrogen) atoms. The van der Waals surface area contributed by atoms with Crippen molar-refractivity contribution in [3.63, 3.8) is 0 Å². The predicted octanol–water partition coefficient (Wildman–Crippen LogP) is 7.41. The number of hydrogen-bond donors (Lipinski definition) is 0. The van der Waals surface area contributed by atoms with Gasteiger partial charge in [-0.2, -0.15) is 13.2 Å². The van der Waals surface area contributed by atoms with Crippen molar-refractivity contribution >= 4 is 10.8 Å². The predicted molar refractivity (Wildman–Crippen MR) is 122 cm³/mol. The fraction of sp³-hybridized carbons (Fsp3) is 0.630. The molecule has 0 spiro atoms. The van der Waals surface area contributed by atoms with Crippen LogP contribution in [0.4, 0.5) is 13.2 Å². The zero-order chi connectivity index (χ0) is 22.5. The van der Waals surface area contributed by atoms with Crippen LogP contribution in [0.3, 0.4) is 0 Å². The number of nitrogens with zero attached hydrogens (tertiary/aromatic N) is 1. The van der Waals surface area contributed by atoms with Crippen molar-refractivity contribution in [2.45, 2.75) is 96.1 Å². The second-order valence-corrected chi connectivity index (χ2v) is 10.5. The highest BCUT2D eigenvalue weighted by Crippen LogP contribution is 2.41. The van der Waals surface area contributed by atoms with Gasteiger partial charge in [0.2, 0.25) is 0 Å². The van der Waals surface area contributed by atoms with Crippen molar-refractivity contribution in [3.8, 4) is 5.75 Å². The van der Waals surface area contributed by atoms with Crippen LogP contribution >= 0.6 is 0 Å². The van der Waals surface area contributed by atoms with E-state index >= 15 is 0 Å². The SMILES string of the molecule is Cc1c(OC2CCC(C(F)(F)F)CC2)ccc2cc(CN3C4CCC3CC(C)C4)ccc12. The monoisotopic (exact) mass is 445 g/mol. The van der Waals surface area contributed by atoms with Crippen LogP contribution in [0.5, 0.6) is 5.75 Å². The molecule has 2 aliphatic heterocycles. The van der Waals surface area contributed by atoms with E-state index < -0.39 is 12.1 Å². The molecule has 5 heteroatoms. The lowest BCUT2D eigenvalue weighted by Crippen LogP contribution is -2.41. The molecule has 174 valence electrons. The second kappa shape index (κ2) is 8.55. The van der Waals surface area contributed by atoms with Crippen molar-refractivity contribution < 1.29 is 17.9 Å². The zero-order valence-electron chi connectivity index (χ0n) is 19.1. The van der Waals surface area contributed by atoms with Crippen molar-refractivity contribution in [2.75, 3.05) is 0 Å². The fourth-order valence-corrected chi connectivity index (χ4v) is 6.44. The van der Waals surface area contributed by atoms with Crippen LogP contribution in [0, 0.1) is 18.8 Å². The number of rotatable bonds is 4. The van der Waals surface area contributed by atoms with Gasteiger partial charge in [0.25, 0.3) is 0 Å². The molecule has 3 fully saturated rings. The van der Waals surface area contributed by atoms with Crippen molar-refractivity contribution in [1.29, 1.82) is 0 Å². The van der Waals surface area contributed by atoms with Gasteiger partial charge in [0.15, 0.2) is 0 Å². The third-order valence-electron chi connectivity index (χ3n) is 8.22. The number of piperidine rings is 1. The standard InChI is InChI=1S/C27H34F3NO/c1-17-13-22-7-8-23(14-17)31(22)16-19-3-11-25-18(2)26(12-4-20(25)15-19)32-24-9-5-21(6-10-24)27(28,29)30/h3-4,11-12,15,17,21-24H,5-10,13-14,16H2,1-2H3. The Morgan fingerprint density at radius 2 is 1.62 bits per heavy atom. The molecule has 2 aromatic rings. The molecule has 2 saturated heterocycles. The Morgan fingerprint density at radius 1 is 0.938 bits per heavy atom. The first-order chi connectivity index (χ1) is 15.3. The minimum absolute atomic E-state index is 0.124. The molecule has 1 saturated carbocycles. The van der Waals surface area contributed by atoms with E-state index in [9.17, 15) is 13.2 Å². The van der Waals surface area contributed by atoms with Crippen LogP contribution in [0.2, 0.25) is 0 Å². The molecule has 2 aromatic carbocycles. The van der Waals surface area contributed by atoms with Crippen molar-refractivity contribution in [3.05, 3.63) is 41.5 Å². The highest BCUT2D eigenvalue weighted by atomic mass is 19.4. The largest absolute Gasteiger partial charge is 0.490 e. The molecule has 5 rings (SSSR count). The molecule has 2 bridgehead atoms. The number of fused-ring (bicyclic) bond motifs is 3. The number of halogens is 3. The normalized spacial score (nSPS) is 31.2. The van der Waals surface area contributed by atoms with E-state index in [0.29, 0.717) is 12.8 Å². The van der Waals surface area contributed by atoms with Gasteiger partial charge in [0, 0.05) is 18.6 Å². The summed E-state index contributed by atoms with van der Waals surface area (Å²) in [6, 6.07) is 12.3. The van der Waals surface area contributed by atoms with Crippen LogP contribution in [0.1, 0.15) is 69.4 Å². The first-order valence-corrected chi connectivity index (χ1v) is 12.3. The van der Waals surface area contributed by atoms with E-state index in [1.165, 1.54) is 42.0 Å². The van der Waals surface area contributed by atoms with E-state index in [4.69, 9.17) is 4.74 Å². The first-order valence-electron chi connectivity index (χ1n) is 12.3. The van der Waals surface area contributed by atoms with Gasteiger partial charge >= 0.3 is 6.18 Å². The van der Waals surface area contributed by atoms with Crippen molar-refractivity contribution in [1.82, 2.24) is 4.90 Å². The Labute approximate surface area is 189 Å². The summed E-state index contributed by atoms with van der Waals surface area (Å²) in [4.78, 5) is 2.72. The van der Waals surface area contributed by atoms with Crippen LogP contribution in [-0.2, 0) is 6.54 Å². The van der Waals surface area contributed by atoms with E-state index in [0.717, 1.165) is 35.9 Å². The minimum Gasteiger partial charge on any atom is -0.490 e. The summed E-state index contributed by atoms with van der Waals surface area (Å²) in [7, 11) is 0. The molecule has 2 heterocycles. The summed E-state index contributed by atoms with van der Waals surface area (Å²) < 4.78 is 45.0. The second-order valence-electron chi connectivity index (χ2n) is 10.5. The Kier molecular flexibility index (Phi) is 5.90. The number of ether oxygens (including phenoxy) is 1. The maximum atomic E-state index is 12.9. The molecule has 2 unspecified atom stereocenters. The lowest BCUT2D eigenvalue weighted by atomic mass is 9.87. The van der Waals surface area contributed by atoms with E-state index in [1.807, 2.05) is 6.07 Å². The highest BCUT2D eigenvalue weighted by molar-refractivity contribution is 5.88. The third kappa shape index (κ3) is 4.37. The lowest BCUT2D eigenvalue weighted by Gasteiger charge is -2.38. The Bertz CT molecular complexity index is 949. The van der Waals surface area contributed by atoms with Gasteiger partial charge in [-0.05, 0) is 98.2 Å². The third-order valence-corrected chi connectivity index (χ3v) is 8.22. The maximum Gasteiger partial charge on any atom is 0.391 e. The van der Waals surface area contributed by atoms with E-state index in [2.05, 4.69) is 43.0 Å². The van der Waals surface area contributed by atoms with Gasteiger partial charge in [0.05, 0.1) is 12.0 Å². The van der Waals surface area contributed by atoms with Gasteiger partial charge < -0.3 is 4.74 Å². The molecule has 1 aliphatic carbocycles. The molecular formula is C27H34F3NO. The first kappa shape index (κ1) is 22.1. The number of hydrogen-bond acceptors (Lipinski definition) is 2. The van der Waals surface area contributed by atoms with Crippen LogP contribution in [0.25, 0.3) is 10.8 Å². The van der Waals surface area contributed by atoms with Crippen LogP contribution in [0.15, 0.2) is 30.3 Å². The number of benzene rings is 2. The zero-order valence-corrected chi connectivity index (χ0v) is 19.1. The van der Waals surface area contributed by atoms with Crippen LogP contribution < -0.4 is 4.74 Å². The molecule has 0 amide bonds. The quantitative estimate of drug-likeness (QED) is 0.486. The van der Waals surface area contributed by atoms with Gasteiger partial charge in [-0.1, -0.05) is 25.1 Å². The topological polar surface area (TPSA) is 12.5 Å². The Balaban J connectivity index is 1.27. The Morgan fingerprint density at radius 3 is 2.28 bits per heavy atom. The summed E-state index contributed by atoms with van der Waals surface area (Å²) >= 11 is 0. The number of aryl methyl sites for hydroxylation is 1. The van der Waals surface area contributed by atoms with Gasteiger partial charge in [-0.25, -0.2) is 0 Å². The average molecular weight is 446 g/mol. The van der Waals surface area contributed by atoms with E-state index in [-0.39, 0.29) is 18.9 Å². The Hall–Kier alpha value is -1.75. The molecule has 0 N–H and O–H groups in total. The van der Waals surface area contributed by atoms with E-state index in [1.54, 1.807) is 0 Å². The minimum atomic E-state index is -4.08.